The Morgan fingerprint density at radius 2 is 1.89 bits per heavy atom. The summed E-state index contributed by atoms with van der Waals surface area (Å²) in [5, 5.41) is 0. The van der Waals surface area contributed by atoms with Gasteiger partial charge in [-0.3, -0.25) is 4.90 Å². The van der Waals surface area contributed by atoms with Crippen LogP contribution in [0.1, 0.15) is 18.4 Å². The van der Waals surface area contributed by atoms with Crippen LogP contribution in [0.4, 0.5) is 5.69 Å². The average molecular weight is 245 g/mol. The minimum absolute atomic E-state index is 0.881. The van der Waals surface area contributed by atoms with Gasteiger partial charge in [0.05, 0.1) is 0 Å². The van der Waals surface area contributed by atoms with E-state index >= 15 is 0 Å². The Balaban J connectivity index is 1.43. The Kier molecular flexibility index (Phi) is 3.52. The predicted octanol–water partition coefficient (Wildman–Crippen LogP) is 1.59. The minimum Gasteiger partial charge on any atom is -0.399 e. The molecule has 1 heterocycles. The molecule has 2 fully saturated rings. The molecule has 0 radical (unpaired) electrons. The van der Waals surface area contributed by atoms with Crippen molar-refractivity contribution in [3.05, 3.63) is 29.8 Å². The second-order valence-electron chi connectivity index (χ2n) is 5.60. The number of hydrogen-bond acceptors (Lipinski definition) is 3. The summed E-state index contributed by atoms with van der Waals surface area (Å²) in [5.41, 5.74) is 8.05. The lowest BCUT2D eigenvalue weighted by molar-refractivity contribution is 0.127. The molecule has 3 rings (SSSR count). The Labute approximate surface area is 110 Å². The largest absolute Gasteiger partial charge is 0.399 e. The van der Waals surface area contributed by atoms with E-state index < -0.39 is 0 Å². The third kappa shape index (κ3) is 3.03. The average Bonchev–Trinajstić information content (AvgIpc) is 3.21. The van der Waals surface area contributed by atoms with E-state index in [1.54, 1.807) is 0 Å². The molecule has 0 aromatic heterocycles. The van der Waals surface area contributed by atoms with Gasteiger partial charge in [0.25, 0.3) is 0 Å². The van der Waals surface area contributed by atoms with E-state index in [4.69, 9.17) is 5.73 Å². The minimum atomic E-state index is 0.881. The second kappa shape index (κ2) is 5.29. The number of nitrogens with zero attached hydrogens (tertiary/aromatic N) is 2. The fraction of sp³-hybridized carbons (Fsp3) is 0.600. The summed E-state index contributed by atoms with van der Waals surface area (Å²) in [5.74, 6) is 0. The molecule has 3 nitrogen and oxygen atoms in total. The van der Waals surface area contributed by atoms with Crippen LogP contribution in [-0.4, -0.2) is 48.6 Å². The van der Waals surface area contributed by atoms with Crippen LogP contribution in [-0.2, 0) is 6.42 Å². The maximum Gasteiger partial charge on any atom is 0.0316 e. The van der Waals surface area contributed by atoms with Crippen molar-refractivity contribution >= 4 is 5.69 Å². The normalized spacial score (nSPS) is 22.2. The first kappa shape index (κ1) is 12.0. The number of rotatable bonds is 4. The van der Waals surface area contributed by atoms with E-state index in [9.17, 15) is 0 Å². The second-order valence-corrected chi connectivity index (χ2v) is 5.60. The van der Waals surface area contributed by atoms with E-state index in [1.807, 2.05) is 6.07 Å². The summed E-state index contributed by atoms with van der Waals surface area (Å²) >= 11 is 0. The fourth-order valence-electron chi connectivity index (χ4n) is 2.83. The van der Waals surface area contributed by atoms with Crippen molar-refractivity contribution in [3.8, 4) is 0 Å². The highest BCUT2D eigenvalue weighted by Crippen LogP contribution is 2.27. The summed E-state index contributed by atoms with van der Waals surface area (Å²) in [6.07, 6.45) is 3.99. The molecular formula is C15H23N3. The standard InChI is InChI=1S/C15H23N3/c16-14-3-1-2-13(12-14)6-7-17-8-10-18(11-9-17)15-4-5-15/h1-3,12,15H,4-11,16H2. The van der Waals surface area contributed by atoms with Crippen LogP contribution < -0.4 is 5.73 Å². The fourth-order valence-corrected chi connectivity index (χ4v) is 2.83. The Bertz CT molecular complexity index is 392. The quantitative estimate of drug-likeness (QED) is 0.818. The van der Waals surface area contributed by atoms with E-state index in [0.717, 1.165) is 18.2 Å². The van der Waals surface area contributed by atoms with E-state index in [0.29, 0.717) is 0 Å². The lowest BCUT2D eigenvalue weighted by atomic mass is 10.1. The molecule has 0 bridgehead atoms. The lowest BCUT2D eigenvalue weighted by Crippen LogP contribution is -2.47. The maximum absolute atomic E-state index is 5.81. The zero-order valence-electron chi connectivity index (χ0n) is 11.0. The molecule has 1 aliphatic heterocycles. The molecule has 1 aromatic carbocycles. The van der Waals surface area contributed by atoms with Crippen LogP contribution >= 0.6 is 0 Å². The van der Waals surface area contributed by atoms with Gasteiger partial charge in [0.1, 0.15) is 0 Å². The smallest absolute Gasteiger partial charge is 0.0316 e. The Hall–Kier alpha value is -1.06. The molecular weight excluding hydrogens is 222 g/mol. The zero-order chi connectivity index (χ0) is 12.4. The lowest BCUT2D eigenvalue weighted by Gasteiger charge is -2.34. The third-order valence-corrected chi connectivity index (χ3v) is 4.14. The SMILES string of the molecule is Nc1cccc(CCN2CCN(C3CC3)CC2)c1. The number of anilines is 1. The van der Waals surface area contributed by atoms with Crippen molar-refractivity contribution in [1.82, 2.24) is 9.80 Å². The maximum atomic E-state index is 5.81. The van der Waals surface area contributed by atoms with Crippen molar-refractivity contribution in [2.45, 2.75) is 25.3 Å². The molecule has 2 N–H and O–H groups in total. The molecule has 98 valence electrons. The van der Waals surface area contributed by atoms with Crippen LogP contribution in [0.2, 0.25) is 0 Å². The molecule has 18 heavy (non-hydrogen) atoms. The van der Waals surface area contributed by atoms with Gasteiger partial charge in [0, 0.05) is 44.5 Å². The molecule has 0 atom stereocenters. The van der Waals surface area contributed by atoms with Gasteiger partial charge in [-0.05, 0) is 37.0 Å². The number of nitrogens with two attached hydrogens (primary N) is 1. The number of piperazine rings is 1. The van der Waals surface area contributed by atoms with Crippen molar-refractivity contribution in [2.24, 2.45) is 0 Å². The van der Waals surface area contributed by atoms with Gasteiger partial charge in [0.2, 0.25) is 0 Å². The first-order valence-electron chi connectivity index (χ1n) is 7.12. The van der Waals surface area contributed by atoms with Crippen LogP contribution in [0, 0.1) is 0 Å². The van der Waals surface area contributed by atoms with E-state index in [1.165, 1.54) is 51.1 Å². The highest BCUT2D eigenvalue weighted by Gasteiger charge is 2.30. The monoisotopic (exact) mass is 245 g/mol. The summed E-state index contributed by atoms with van der Waals surface area (Å²) in [6, 6.07) is 9.21. The van der Waals surface area contributed by atoms with Crippen LogP contribution in [0.5, 0.6) is 0 Å². The van der Waals surface area contributed by atoms with Crippen LogP contribution in [0.25, 0.3) is 0 Å². The van der Waals surface area contributed by atoms with Gasteiger partial charge in [-0.25, -0.2) is 0 Å². The highest BCUT2D eigenvalue weighted by atomic mass is 15.3. The number of nitrogen functional groups attached to an aromatic ring is 1. The summed E-state index contributed by atoms with van der Waals surface area (Å²) in [6.45, 7) is 6.17. The first-order chi connectivity index (χ1) is 8.81. The van der Waals surface area contributed by atoms with Crippen molar-refractivity contribution < 1.29 is 0 Å². The molecule has 3 heteroatoms. The first-order valence-corrected chi connectivity index (χ1v) is 7.12. The Morgan fingerprint density at radius 1 is 1.11 bits per heavy atom. The summed E-state index contributed by atoms with van der Waals surface area (Å²) in [4.78, 5) is 5.25. The molecule has 0 amide bonds. The third-order valence-electron chi connectivity index (χ3n) is 4.14. The summed E-state index contributed by atoms with van der Waals surface area (Å²) in [7, 11) is 0. The van der Waals surface area contributed by atoms with Gasteiger partial charge in [-0.1, -0.05) is 12.1 Å². The van der Waals surface area contributed by atoms with Gasteiger partial charge in [-0.2, -0.15) is 0 Å². The van der Waals surface area contributed by atoms with E-state index in [-0.39, 0.29) is 0 Å². The topological polar surface area (TPSA) is 32.5 Å². The van der Waals surface area contributed by atoms with Gasteiger partial charge < -0.3 is 10.6 Å². The predicted molar refractivity (Wildman–Crippen MR) is 75.6 cm³/mol. The molecule has 1 saturated heterocycles. The number of benzene rings is 1. The van der Waals surface area contributed by atoms with Crippen LogP contribution in [0.3, 0.4) is 0 Å². The van der Waals surface area contributed by atoms with Gasteiger partial charge in [0.15, 0.2) is 0 Å². The molecule has 2 aliphatic rings. The molecule has 0 spiro atoms. The van der Waals surface area contributed by atoms with Crippen LogP contribution in [0.15, 0.2) is 24.3 Å². The molecule has 1 aromatic rings. The molecule has 1 saturated carbocycles. The van der Waals surface area contributed by atoms with Crippen molar-refractivity contribution in [2.75, 3.05) is 38.5 Å². The van der Waals surface area contributed by atoms with Gasteiger partial charge >= 0.3 is 0 Å². The van der Waals surface area contributed by atoms with Crippen molar-refractivity contribution in [3.63, 3.8) is 0 Å². The number of hydrogen-bond donors (Lipinski definition) is 1. The van der Waals surface area contributed by atoms with Crippen molar-refractivity contribution in [1.29, 1.82) is 0 Å². The highest BCUT2D eigenvalue weighted by molar-refractivity contribution is 5.40. The Morgan fingerprint density at radius 3 is 2.56 bits per heavy atom. The van der Waals surface area contributed by atoms with E-state index in [2.05, 4.69) is 28.0 Å². The molecule has 0 unspecified atom stereocenters. The zero-order valence-corrected chi connectivity index (χ0v) is 11.0. The van der Waals surface area contributed by atoms with Gasteiger partial charge in [-0.15, -0.1) is 0 Å². The molecule has 1 aliphatic carbocycles. The summed E-state index contributed by atoms with van der Waals surface area (Å²) < 4.78 is 0.